The lowest BCUT2D eigenvalue weighted by Gasteiger charge is -2.19. The van der Waals surface area contributed by atoms with E-state index in [2.05, 4.69) is 22.9 Å². The minimum absolute atomic E-state index is 0.0363. The SMILES string of the molecule is [CH2-]C(NC(=O)C(=O)Nc1ccc(Cl)c(F)c1)C(=O)Nc1ccccc1N. The third kappa shape index (κ3) is 4.93. The number of para-hydroxylation sites is 2. The maximum absolute atomic E-state index is 13.3. The minimum Gasteiger partial charge on any atom is -0.397 e. The van der Waals surface area contributed by atoms with Crippen molar-refractivity contribution in [2.75, 3.05) is 16.4 Å². The Labute approximate surface area is 153 Å². The largest absolute Gasteiger partial charge is 0.397 e. The molecule has 9 heteroatoms. The highest BCUT2D eigenvalue weighted by molar-refractivity contribution is 6.40. The lowest BCUT2D eigenvalue weighted by Crippen LogP contribution is -2.46. The van der Waals surface area contributed by atoms with Gasteiger partial charge in [-0.2, -0.15) is 0 Å². The third-order valence-corrected chi connectivity index (χ3v) is 3.53. The quantitative estimate of drug-likeness (QED) is 0.370. The number of carbonyl (C=O) groups is 3. The molecular formula is C17H15ClFN4O3-. The van der Waals surface area contributed by atoms with E-state index >= 15 is 0 Å². The highest BCUT2D eigenvalue weighted by atomic mass is 35.5. The zero-order valence-corrected chi connectivity index (χ0v) is 14.1. The van der Waals surface area contributed by atoms with Gasteiger partial charge in [0.1, 0.15) is 5.82 Å². The molecule has 0 aliphatic carbocycles. The van der Waals surface area contributed by atoms with Crippen molar-refractivity contribution in [3.8, 4) is 0 Å². The van der Waals surface area contributed by atoms with Crippen LogP contribution in [-0.2, 0) is 14.4 Å². The van der Waals surface area contributed by atoms with Crippen LogP contribution in [0.4, 0.5) is 21.5 Å². The fraction of sp³-hybridized carbons (Fsp3) is 0.0588. The van der Waals surface area contributed by atoms with Gasteiger partial charge in [0.2, 0.25) is 5.91 Å². The summed E-state index contributed by atoms with van der Waals surface area (Å²) in [6, 6.07) is 8.78. The van der Waals surface area contributed by atoms with Crippen LogP contribution in [0, 0.1) is 12.7 Å². The van der Waals surface area contributed by atoms with Crippen molar-refractivity contribution in [2.45, 2.75) is 6.04 Å². The number of hydrogen-bond donors (Lipinski definition) is 4. The Hall–Kier alpha value is -3.13. The van der Waals surface area contributed by atoms with Crippen LogP contribution in [0.2, 0.25) is 5.02 Å². The van der Waals surface area contributed by atoms with E-state index in [1.54, 1.807) is 24.3 Å². The average Bonchev–Trinajstić information content (AvgIpc) is 2.60. The summed E-state index contributed by atoms with van der Waals surface area (Å²) in [5.74, 6) is -3.62. The summed E-state index contributed by atoms with van der Waals surface area (Å²) in [6.07, 6.45) is 0. The molecule has 26 heavy (non-hydrogen) atoms. The van der Waals surface area contributed by atoms with E-state index < -0.39 is 29.6 Å². The van der Waals surface area contributed by atoms with Crippen molar-refractivity contribution in [1.82, 2.24) is 5.32 Å². The van der Waals surface area contributed by atoms with Gasteiger partial charge in [0.15, 0.2) is 0 Å². The molecule has 3 amide bonds. The van der Waals surface area contributed by atoms with E-state index in [-0.39, 0.29) is 10.7 Å². The van der Waals surface area contributed by atoms with Crippen LogP contribution in [0.1, 0.15) is 0 Å². The van der Waals surface area contributed by atoms with Gasteiger partial charge in [-0.05, 0) is 36.4 Å². The molecule has 5 N–H and O–H groups in total. The Morgan fingerprint density at radius 2 is 1.77 bits per heavy atom. The summed E-state index contributed by atoms with van der Waals surface area (Å²) < 4.78 is 13.3. The predicted octanol–water partition coefficient (Wildman–Crippen LogP) is 1.96. The maximum atomic E-state index is 13.3. The molecule has 0 fully saturated rings. The fourth-order valence-corrected chi connectivity index (χ4v) is 2.00. The first-order chi connectivity index (χ1) is 12.3. The molecular weight excluding hydrogens is 363 g/mol. The lowest BCUT2D eigenvalue weighted by atomic mass is 10.2. The van der Waals surface area contributed by atoms with Crippen LogP contribution in [0.3, 0.4) is 0 Å². The number of benzene rings is 2. The predicted molar refractivity (Wildman–Crippen MR) is 96.8 cm³/mol. The highest BCUT2D eigenvalue weighted by Gasteiger charge is 2.18. The Balaban J connectivity index is 1.92. The molecule has 1 atom stereocenters. The first-order valence-electron chi connectivity index (χ1n) is 7.33. The Morgan fingerprint density at radius 3 is 2.42 bits per heavy atom. The first kappa shape index (κ1) is 19.2. The van der Waals surface area contributed by atoms with Gasteiger partial charge < -0.3 is 28.6 Å². The van der Waals surface area contributed by atoms with Gasteiger partial charge in [0.05, 0.1) is 16.4 Å². The molecule has 0 aliphatic rings. The number of carbonyl (C=O) groups excluding carboxylic acids is 3. The van der Waals surface area contributed by atoms with Gasteiger partial charge in [-0.1, -0.05) is 23.7 Å². The summed E-state index contributed by atoms with van der Waals surface area (Å²) in [7, 11) is 0. The van der Waals surface area contributed by atoms with Gasteiger partial charge >= 0.3 is 11.8 Å². The van der Waals surface area contributed by atoms with Crippen LogP contribution >= 0.6 is 11.6 Å². The van der Waals surface area contributed by atoms with Gasteiger partial charge in [-0.15, -0.1) is 0 Å². The van der Waals surface area contributed by atoms with E-state index in [4.69, 9.17) is 17.3 Å². The summed E-state index contributed by atoms with van der Waals surface area (Å²) >= 11 is 5.53. The zero-order chi connectivity index (χ0) is 19.3. The molecule has 0 aliphatic heterocycles. The van der Waals surface area contributed by atoms with E-state index in [9.17, 15) is 18.8 Å². The normalized spacial score (nSPS) is 11.3. The minimum atomic E-state index is -1.25. The number of rotatable bonds is 4. The summed E-state index contributed by atoms with van der Waals surface area (Å²) in [5.41, 5.74) is 6.42. The first-order valence-corrected chi connectivity index (χ1v) is 7.71. The van der Waals surface area contributed by atoms with Crippen molar-refractivity contribution in [3.05, 3.63) is 60.2 Å². The molecule has 7 nitrogen and oxygen atoms in total. The number of nitrogens with one attached hydrogen (secondary N) is 3. The van der Waals surface area contributed by atoms with E-state index in [0.29, 0.717) is 11.4 Å². The molecule has 1 unspecified atom stereocenters. The average molecular weight is 378 g/mol. The molecule has 0 bridgehead atoms. The Kier molecular flexibility index (Phi) is 6.13. The van der Waals surface area contributed by atoms with Gasteiger partial charge in [0, 0.05) is 5.69 Å². The fourth-order valence-electron chi connectivity index (χ4n) is 1.88. The number of halogens is 2. The number of nitrogen functional groups attached to an aromatic ring is 1. The molecule has 0 heterocycles. The van der Waals surface area contributed by atoms with Crippen molar-refractivity contribution >= 4 is 46.4 Å². The summed E-state index contributed by atoms with van der Waals surface area (Å²) in [4.78, 5) is 35.7. The smallest absolute Gasteiger partial charge is 0.313 e. The number of anilines is 3. The summed E-state index contributed by atoms with van der Waals surface area (Å²) in [6.45, 7) is 3.48. The summed E-state index contributed by atoms with van der Waals surface area (Å²) in [5, 5.41) is 6.67. The van der Waals surface area contributed by atoms with Crippen LogP contribution in [0.15, 0.2) is 42.5 Å². The van der Waals surface area contributed by atoms with Crippen molar-refractivity contribution in [1.29, 1.82) is 0 Å². The molecule has 2 aromatic carbocycles. The molecule has 0 spiro atoms. The van der Waals surface area contributed by atoms with Crippen LogP contribution in [-0.4, -0.2) is 23.8 Å². The van der Waals surface area contributed by atoms with Crippen molar-refractivity contribution in [3.63, 3.8) is 0 Å². The monoisotopic (exact) mass is 377 g/mol. The Bertz CT molecular complexity index is 860. The standard InChI is InChI=1S/C17H15ClFN4O3/c1-9(15(24)23-14-5-3-2-4-13(14)20)21-16(25)17(26)22-10-6-7-11(18)12(19)8-10/h2-9H,1,20H2,(H,21,25)(H,22,26)(H,23,24)/q-1. The molecule has 136 valence electrons. The molecule has 2 rings (SSSR count). The molecule has 0 radical (unpaired) electrons. The van der Waals surface area contributed by atoms with Gasteiger partial charge in [0.25, 0.3) is 0 Å². The van der Waals surface area contributed by atoms with Gasteiger partial charge in [-0.3, -0.25) is 14.4 Å². The van der Waals surface area contributed by atoms with E-state index in [0.717, 1.165) is 6.07 Å². The second-order valence-electron chi connectivity index (χ2n) is 5.19. The zero-order valence-electron chi connectivity index (χ0n) is 13.4. The van der Waals surface area contributed by atoms with Gasteiger partial charge in [-0.25, -0.2) is 4.39 Å². The maximum Gasteiger partial charge on any atom is 0.313 e. The molecule has 0 saturated heterocycles. The number of hydrogen-bond acceptors (Lipinski definition) is 4. The van der Waals surface area contributed by atoms with Crippen molar-refractivity contribution in [2.24, 2.45) is 0 Å². The third-order valence-electron chi connectivity index (χ3n) is 3.22. The highest BCUT2D eigenvalue weighted by Crippen LogP contribution is 2.19. The van der Waals surface area contributed by atoms with Crippen LogP contribution in [0.25, 0.3) is 0 Å². The van der Waals surface area contributed by atoms with Crippen LogP contribution in [0.5, 0.6) is 0 Å². The number of amides is 3. The molecule has 0 aromatic heterocycles. The van der Waals surface area contributed by atoms with Crippen molar-refractivity contribution < 1.29 is 18.8 Å². The second kappa shape index (κ2) is 8.30. The van der Waals surface area contributed by atoms with E-state index in [1.807, 2.05) is 0 Å². The number of nitrogens with two attached hydrogens (primary N) is 1. The van der Waals surface area contributed by atoms with E-state index in [1.165, 1.54) is 12.1 Å². The Morgan fingerprint density at radius 1 is 1.08 bits per heavy atom. The van der Waals surface area contributed by atoms with Crippen LogP contribution < -0.4 is 21.7 Å². The molecule has 0 saturated carbocycles. The second-order valence-corrected chi connectivity index (χ2v) is 5.59. The molecule has 2 aromatic rings. The lowest BCUT2D eigenvalue weighted by molar-refractivity contribution is -0.137. The topological polar surface area (TPSA) is 113 Å².